The van der Waals surface area contributed by atoms with Crippen LogP contribution in [0.4, 0.5) is 0 Å². The summed E-state index contributed by atoms with van der Waals surface area (Å²) in [7, 11) is 0. The van der Waals surface area contributed by atoms with Crippen LogP contribution >= 0.6 is 0 Å². The first kappa shape index (κ1) is 15.1. The molecule has 1 fully saturated rings. The van der Waals surface area contributed by atoms with Gasteiger partial charge in [-0.3, -0.25) is 0 Å². The number of nitrogens with two attached hydrogens (primary N) is 1. The Morgan fingerprint density at radius 3 is 3.00 bits per heavy atom. The molecule has 0 spiro atoms. The number of ether oxygens (including phenoxy) is 3. The normalized spacial score (nSPS) is 18.8. The summed E-state index contributed by atoms with van der Waals surface area (Å²) in [5.41, 5.74) is 6.81. The van der Waals surface area contributed by atoms with Gasteiger partial charge in [0.05, 0.1) is 13.2 Å². The minimum Gasteiger partial charge on any atom is -0.493 e. The molecule has 112 valence electrons. The average Bonchev–Trinajstić information content (AvgIpc) is 2.49. The Balaban J connectivity index is 2.08. The molecule has 0 saturated carbocycles. The molecule has 1 atom stereocenters. The molecule has 0 aromatic heterocycles. The number of benzene rings is 1. The third kappa shape index (κ3) is 4.39. The summed E-state index contributed by atoms with van der Waals surface area (Å²) in [6.07, 6.45) is 4.06. The van der Waals surface area contributed by atoms with E-state index < -0.39 is 0 Å². The van der Waals surface area contributed by atoms with Crippen molar-refractivity contribution in [1.82, 2.24) is 0 Å². The average molecular weight is 279 g/mol. The van der Waals surface area contributed by atoms with Gasteiger partial charge in [-0.2, -0.15) is 0 Å². The Morgan fingerprint density at radius 1 is 1.40 bits per heavy atom. The van der Waals surface area contributed by atoms with Crippen molar-refractivity contribution >= 4 is 0 Å². The SMILES string of the molecule is CCCOc1ccc(CCN)c(OC2CCCOC2)c1. The van der Waals surface area contributed by atoms with E-state index in [2.05, 4.69) is 13.0 Å². The van der Waals surface area contributed by atoms with Gasteiger partial charge in [-0.1, -0.05) is 13.0 Å². The fourth-order valence-electron chi connectivity index (χ4n) is 2.30. The van der Waals surface area contributed by atoms with Crippen molar-refractivity contribution in [3.05, 3.63) is 23.8 Å². The van der Waals surface area contributed by atoms with Crippen molar-refractivity contribution in [3.63, 3.8) is 0 Å². The molecule has 1 unspecified atom stereocenters. The highest BCUT2D eigenvalue weighted by molar-refractivity contribution is 5.41. The van der Waals surface area contributed by atoms with Gasteiger partial charge in [0, 0.05) is 12.7 Å². The van der Waals surface area contributed by atoms with E-state index in [-0.39, 0.29) is 6.10 Å². The Bertz CT molecular complexity index is 403. The maximum atomic E-state index is 6.10. The Labute approximate surface area is 121 Å². The highest BCUT2D eigenvalue weighted by Gasteiger charge is 2.17. The minimum atomic E-state index is 0.140. The van der Waals surface area contributed by atoms with Crippen LogP contribution in [-0.4, -0.2) is 32.5 Å². The lowest BCUT2D eigenvalue weighted by atomic mass is 10.1. The Kier molecular flexibility index (Phi) is 6.15. The molecule has 0 radical (unpaired) electrons. The molecule has 1 aliphatic rings. The minimum absolute atomic E-state index is 0.140. The first-order valence-corrected chi connectivity index (χ1v) is 7.53. The van der Waals surface area contributed by atoms with Crippen LogP contribution in [-0.2, 0) is 11.2 Å². The van der Waals surface area contributed by atoms with Crippen LogP contribution < -0.4 is 15.2 Å². The first-order chi connectivity index (χ1) is 9.83. The predicted molar refractivity (Wildman–Crippen MR) is 79.5 cm³/mol. The van der Waals surface area contributed by atoms with Gasteiger partial charge in [-0.15, -0.1) is 0 Å². The van der Waals surface area contributed by atoms with Gasteiger partial charge in [0.15, 0.2) is 0 Å². The molecule has 1 aromatic rings. The van der Waals surface area contributed by atoms with Crippen LogP contribution in [0, 0.1) is 0 Å². The van der Waals surface area contributed by atoms with Crippen LogP contribution in [0.3, 0.4) is 0 Å². The maximum Gasteiger partial charge on any atom is 0.126 e. The van der Waals surface area contributed by atoms with E-state index in [9.17, 15) is 0 Å². The van der Waals surface area contributed by atoms with E-state index in [0.717, 1.165) is 56.0 Å². The molecular weight excluding hydrogens is 254 g/mol. The number of rotatable bonds is 7. The monoisotopic (exact) mass is 279 g/mol. The summed E-state index contributed by atoms with van der Waals surface area (Å²) in [6, 6.07) is 6.02. The second kappa shape index (κ2) is 8.12. The zero-order chi connectivity index (χ0) is 14.2. The summed E-state index contributed by atoms with van der Waals surface area (Å²) in [5, 5.41) is 0. The third-order valence-electron chi connectivity index (χ3n) is 3.34. The first-order valence-electron chi connectivity index (χ1n) is 7.53. The largest absolute Gasteiger partial charge is 0.493 e. The molecule has 20 heavy (non-hydrogen) atoms. The molecule has 2 N–H and O–H groups in total. The molecule has 1 heterocycles. The molecule has 2 rings (SSSR count). The van der Waals surface area contributed by atoms with Crippen molar-refractivity contribution in [1.29, 1.82) is 0 Å². The second-order valence-corrected chi connectivity index (χ2v) is 5.11. The van der Waals surface area contributed by atoms with Gasteiger partial charge < -0.3 is 19.9 Å². The molecular formula is C16H25NO3. The summed E-state index contributed by atoms with van der Waals surface area (Å²) in [4.78, 5) is 0. The van der Waals surface area contributed by atoms with Crippen LogP contribution in [0.5, 0.6) is 11.5 Å². The topological polar surface area (TPSA) is 53.7 Å². The molecule has 0 amide bonds. The molecule has 1 aromatic carbocycles. The van der Waals surface area contributed by atoms with Crippen molar-refractivity contribution in [2.75, 3.05) is 26.4 Å². The molecule has 0 bridgehead atoms. The fourth-order valence-corrected chi connectivity index (χ4v) is 2.30. The van der Waals surface area contributed by atoms with E-state index in [4.69, 9.17) is 19.9 Å². The van der Waals surface area contributed by atoms with Gasteiger partial charge in [-0.25, -0.2) is 0 Å². The fraction of sp³-hybridized carbons (Fsp3) is 0.625. The van der Waals surface area contributed by atoms with Crippen LogP contribution in [0.2, 0.25) is 0 Å². The summed E-state index contributed by atoms with van der Waals surface area (Å²) >= 11 is 0. The molecule has 1 saturated heterocycles. The van der Waals surface area contributed by atoms with E-state index >= 15 is 0 Å². The van der Waals surface area contributed by atoms with Crippen LogP contribution in [0.1, 0.15) is 31.7 Å². The summed E-state index contributed by atoms with van der Waals surface area (Å²) in [6.45, 7) is 4.95. The van der Waals surface area contributed by atoms with Gasteiger partial charge in [0.25, 0.3) is 0 Å². The van der Waals surface area contributed by atoms with Crippen LogP contribution in [0.15, 0.2) is 18.2 Å². The van der Waals surface area contributed by atoms with Crippen molar-refractivity contribution < 1.29 is 14.2 Å². The van der Waals surface area contributed by atoms with Gasteiger partial charge in [0.1, 0.15) is 17.6 Å². The maximum absolute atomic E-state index is 6.10. The van der Waals surface area contributed by atoms with Gasteiger partial charge in [-0.05, 0) is 43.9 Å². The predicted octanol–water partition coefficient (Wildman–Crippen LogP) is 2.53. The summed E-state index contributed by atoms with van der Waals surface area (Å²) < 4.78 is 17.2. The Hall–Kier alpha value is -1.26. The molecule has 0 aliphatic carbocycles. The van der Waals surface area contributed by atoms with E-state index in [1.54, 1.807) is 0 Å². The lowest BCUT2D eigenvalue weighted by Gasteiger charge is -2.25. The second-order valence-electron chi connectivity index (χ2n) is 5.11. The quantitative estimate of drug-likeness (QED) is 0.833. The van der Waals surface area contributed by atoms with E-state index in [1.165, 1.54) is 0 Å². The standard InChI is InChI=1S/C16H25NO3/c1-2-9-19-14-6-5-13(7-8-17)16(11-14)20-15-4-3-10-18-12-15/h5-6,11,15H,2-4,7-10,12,17H2,1H3. The van der Waals surface area contributed by atoms with Crippen molar-refractivity contribution in [3.8, 4) is 11.5 Å². The third-order valence-corrected chi connectivity index (χ3v) is 3.34. The molecule has 4 heteroatoms. The lowest BCUT2D eigenvalue weighted by Crippen LogP contribution is -2.28. The zero-order valence-electron chi connectivity index (χ0n) is 12.3. The smallest absolute Gasteiger partial charge is 0.126 e. The van der Waals surface area contributed by atoms with Gasteiger partial charge in [0.2, 0.25) is 0 Å². The number of hydrogen-bond acceptors (Lipinski definition) is 4. The Morgan fingerprint density at radius 2 is 2.30 bits per heavy atom. The highest BCUT2D eigenvalue weighted by atomic mass is 16.5. The van der Waals surface area contributed by atoms with Gasteiger partial charge >= 0.3 is 0 Å². The zero-order valence-corrected chi connectivity index (χ0v) is 12.3. The van der Waals surface area contributed by atoms with E-state index in [0.29, 0.717) is 13.2 Å². The number of hydrogen-bond donors (Lipinski definition) is 1. The van der Waals surface area contributed by atoms with Crippen LogP contribution in [0.25, 0.3) is 0 Å². The van der Waals surface area contributed by atoms with Crippen molar-refractivity contribution in [2.45, 2.75) is 38.7 Å². The summed E-state index contributed by atoms with van der Waals surface area (Å²) in [5.74, 6) is 1.75. The lowest BCUT2D eigenvalue weighted by molar-refractivity contribution is 0.00696. The highest BCUT2D eigenvalue weighted by Crippen LogP contribution is 2.27. The van der Waals surface area contributed by atoms with Crippen molar-refractivity contribution in [2.24, 2.45) is 5.73 Å². The molecule has 1 aliphatic heterocycles. The molecule has 4 nitrogen and oxygen atoms in total. The van der Waals surface area contributed by atoms with E-state index in [1.807, 2.05) is 12.1 Å².